The van der Waals surface area contributed by atoms with E-state index in [0.717, 1.165) is 5.56 Å². The van der Waals surface area contributed by atoms with Gasteiger partial charge in [-0.3, -0.25) is 9.59 Å². The van der Waals surface area contributed by atoms with Crippen LogP contribution in [0.4, 0.5) is 11.4 Å². The van der Waals surface area contributed by atoms with Gasteiger partial charge in [-0.25, -0.2) is 0 Å². The first-order valence-electron chi connectivity index (χ1n) is 10.4. The number of amides is 2. The summed E-state index contributed by atoms with van der Waals surface area (Å²) in [4.78, 5) is 25.1. The van der Waals surface area contributed by atoms with Crippen LogP contribution in [0.1, 0.15) is 29.8 Å². The molecule has 3 aromatic carbocycles. The fourth-order valence-corrected chi connectivity index (χ4v) is 3.00. The summed E-state index contributed by atoms with van der Waals surface area (Å²) < 4.78 is 11.4. The highest BCUT2D eigenvalue weighted by Gasteiger charge is 2.16. The van der Waals surface area contributed by atoms with E-state index >= 15 is 0 Å². The monoisotopic (exact) mass is 430 g/mol. The van der Waals surface area contributed by atoms with Crippen molar-refractivity contribution in [3.8, 4) is 11.5 Å². The van der Waals surface area contributed by atoms with Crippen LogP contribution in [0.5, 0.6) is 11.5 Å². The Balaban J connectivity index is 1.85. The maximum atomic E-state index is 12.6. The van der Waals surface area contributed by atoms with Crippen LogP contribution in [0.15, 0.2) is 78.9 Å². The Morgan fingerprint density at radius 3 is 1.88 bits per heavy atom. The number of carbonyl (C=O) groups excluding carboxylic acids is 2. The van der Waals surface area contributed by atoms with Gasteiger partial charge in [-0.05, 0) is 37.6 Å². The van der Waals surface area contributed by atoms with Gasteiger partial charge in [-0.15, -0.1) is 0 Å². The summed E-state index contributed by atoms with van der Waals surface area (Å²) in [6.45, 7) is 4.48. The zero-order valence-corrected chi connectivity index (χ0v) is 18.1. The molecule has 0 spiro atoms. The van der Waals surface area contributed by atoms with Gasteiger partial charge in [0.15, 0.2) is 0 Å². The van der Waals surface area contributed by atoms with Gasteiger partial charge >= 0.3 is 0 Å². The average Bonchev–Trinajstić information content (AvgIpc) is 2.82. The number of benzene rings is 3. The average molecular weight is 431 g/mol. The summed E-state index contributed by atoms with van der Waals surface area (Å²) in [5, 5.41) is 5.70. The van der Waals surface area contributed by atoms with E-state index in [9.17, 15) is 9.59 Å². The van der Waals surface area contributed by atoms with E-state index < -0.39 is 0 Å². The van der Waals surface area contributed by atoms with E-state index in [4.69, 9.17) is 9.47 Å². The second-order valence-electron chi connectivity index (χ2n) is 6.76. The molecule has 0 heterocycles. The van der Waals surface area contributed by atoms with Gasteiger partial charge in [0.05, 0.1) is 24.6 Å². The van der Waals surface area contributed by atoms with Gasteiger partial charge < -0.3 is 20.1 Å². The first kappa shape index (κ1) is 22.6. The third-order valence-corrected chi connectivity index (χ3v) is 4.45. The first-order chi connectivity index (χ1) is 15.6. The summed E-state index contributed by atoms with van der Waals surface area (Å²) in [5.74, 6) is 0.290. The molecule has 32 heavy (non-hydrogen) atoms. The predicted octanol–water partition coefficient (Wildman–Crippen LogP) is 5.39. The molecule has 6 nitrogen and oxygen atoms in total. The summed E-state index contributed by atoms with van der Waals surface area (Å²) in [6.07, 6.45) is 3.18. The molecule has 0 aliphatic rings. The van der Waals surface area contributed by atoms with Crippen molar-refractivity contribution >= 4 is 29.3 Å². The minimum Gasteiger partial charge on any atom is -0.492 e. The van der Waals surface area contributed by atoms with Gasteiger partial charge in [0, 0.05) is 23.8 Å². The highest BCUT2D eigenvalue weighted by molar-refractivity contribution is 6.06. The zero-order valence-electron chi connectivity index (χ0n) is 18.1. The molecule has 0 radical (unpaired) electrons. The van der Waals surface area contributed by atoms with Crippen molar-refractivity contribution in [3.05, 3.63) is 90.0 Å². The van der Waals surface area contributed by atoms with Crippen LogP contribution in [-0.2, 0) is 4.79 Å². The molecule has 3 aromatic rings. The third-order valence-electron chi connectivity index (χ3n) is 4.45. The molecule has 0 aliphatic heterocycles. The van der Waals surface area contributed by atoms with Crippen molar-refractivity contribution in [1.29, 1.82) is 0 Å². The number of rotatable bonds is 9. The van der Waals surface area contributed by atoms with E-state index in [1.54, 1.807) is 42.5 Å². The smallest absolute Gasteiger partial charge is 0.255 e. The molecule has 0 fully saturated rings. The van der Waals surface area contributed by atoms with Crippen molar-refractivity contribution < 1.29 is 19.1 Å². The van der Waals surface area contributed by atoms with Crippen molar-refractivity contribution in [3.63, 3.8) is 0 Å². The highest BCUT2D eigenvalue weighted by atomic mass is 16.5. The third kappa shape index (κ3) is 6.22. The number of nitrogens with one attached hydrogen (secondary N) is 2. The Kier molecular flexibility index (Phi) is 8.03. The van der Waals surface area contributed by atoms with Crippen molar-refractivity contribution in [2.45, 2.75) is 13.8 Å². The van der Waals surface area contributed by atoms with E-state index in [0.29, 0.717) is 41.7 Å². The van der Waals surface area contributed by atoms with Gasteiger partial charge in [0.25, 0.3) is 5.91 Å². The van der Waals surface area contributed by atoms with Crippen LogP contribution >= 0.6 is 0 Å². The van der Waals surface area contributed by atoms with Crippen LogP contribution in [0.3, 0.4) is 0 Å². The lowest BCUT2D eigenvalue weighted by atomic mass is 10.2. The van der Waals surface area contributed by atoms with Gasteiger partial charge in [-0.2, -0.15) is 0 Å². The molecule has 0 atom stereocenters. The maximum Gasteiger partial charge on any atom is 0.255 e. The Morgan fingerprint density at radius 1 is 0.781 bits per heavy atom. The predicted molar refractivity (Wildman–Crippen MR) is 127 cm³/mol. The van der Waals surface area contributed by atoms with Crippen LogP contribution in [-0.4, -0.2) is 25.0 Å². The number of hydrogen-bond acceptors (Lipinski definition) is 4. The van der Waals surface area contributed by atoms with Gasteiger partial charge in [0.1, 0.15) is 11.5 Å². The molecule has 164 valence electrons. The maximum absolute atomic E-state index is 12.6. The molecular formula is C26H26N2O4. The number of carbonyl (C=O) groups is 2. The number of hydrogen-bond donors (Lipinski definition) is 2. The van der Waals surface area contributed by atoms with E-state index in [2.05, 4.69) is 10.6 Å². The summed E-state index contributed by atoms with van der Waals surface area (Å²) in [6, 6.07) is 21.8. The molecule has 2 amide bonds. The molecule has 0 saturated heterocycles. The minimum absolute atomic E-state index is 0.267. The Hall–Kier alpha value is -4.06. The number of anilines is 2. The fraction of sp³-hybridized carbons (Fsp3) is 0.154. The molecule has 6 heteroatoms. The number of ether oxygens (including phenoxy) is 2. The molecule has 0 aliphatic carbocycles. The van der Waals surface area contributed by atoms with Crippen molar-refractivity contribution in [2.75, 3.05) is 23.8 Å². The molecular weight excluding hydrogens is 404 g/mol. The Bertz CT molecular complexity index is 1080. The standard InChI is InChI=1S/C26H26N2O4/c1-3-31-23-18-22(28-26(30)20-13-9-6-10-14-20)24(32-4-2)17-21(23)27-25(29)16-15-19-11-7-5-8-12-19/h5-18H,3-4H2,1-2H3,(H,27,29)(H,28,30)/b16-15+. The SMILES string of the molecule is CCOc1cc(NC(=O)c2ccccc2)c(OCC)cc1NC(=O)/C=C/c1ccccc1. The second kappa shape index (κ2) is 11.4. The second-order valence-corrected chi connectivity index (χ2v) is 6.76. The Labute approximate surface area is 187 Å². The molecule has 0 aromatic heterocycles. The lowest BCUT2D eigenvalue weighted by molar-refractivity contribution is -0.111. The summed E-state index contributed by atoms with van der Waals surface area (Å²) >= 11 is 0. The Morgan fingerprint density at radius 2 is 1.31 bits per heavy atom. The van der Waals surface area contributed by atoms with E-state index in [-0.39, 0.29) is 11.8 Å². The van der Waals surface area contributed by atoms with Crippen LogP contribution in [0.2, 0.25) is 0 Å². The lowest BCUT2D eigenvalue weighted by Crippen LogP contribution is -2.14. The normalized spacial score (nSPS) is 10.6. The van der Waals surface area contributed by atoms with E-state index in [1.807, 2.05) is 50.2 Å². The molecule has 0 saturated carbocycles. The molecule has 2 N–H and O–H groups in total. The molecule has 0 bridgehead atoms. The molecule has 3 rings (SSSR count). The highest BCUT2D eigenvalue weighted by Crippen LogP contribution is 2.37. The summed E-state index contributed by atoms with van der Waals surface area (Å²) in [5.41, 5.74) is 2.36. The zero-order chi connectivity index (χ0) is 22.8. The largest absolute Gasteiger partial charge is 0.492 e. The van der Waals surface area contributed by atoms with Crippen molar-refractivity contribution in [2.24, 2.45) is 0 Å². The topological polar surface area (TPSA) is 76.7 Å². The minimum atomic E-state index is -0.307. The van der Waals surface area contributed by atoms with Crippen LogP contribution in [0.25, 0.3) is 6.08 Å². The van der Waals surface area contributed by atoms with Gasteiger partial charge in [-0.1, -0.05) is 48.5 Å². The van der Waals surface area contributed by atoms with Crippen LogP contribution in [0, 0.1) is 0 Å². The fourth-order valence-electron chi connectivity index (χ4n) is 3.00. The first-order valence-corrected chi connectivity index (χ1v) is 10.4. The van der Waals surface area contributed by atoms with Crippen LogP contribution < -0.4 is 20.1 Å². The van der Waals surface area contributed by atoms with Gasteiger partial charge in [0.2, 0.25) is 5.91 Å². The molecule has 0 unspecified atom stereocenters. The van der Waals surface area contributed by atoms with E-state index in [1.165, 1.54) is 6.08 Å². The van der Waals surface area contributed by atoms with Crippen molar-refractivity contribution in [1.82, 2.24) is 0 Å². The quantitative estimate of drug-likeness (QED) is 0.446. The lowest BCUT2D eigenvalue weighted by Gasteiger charge is -2.17. The summed E-state index contributed by atoms with van der Waals surface area (Å²) in [7, 11) is 0.